The first-order valence-electron chi connectivity index (χ1n) is 7.80. The topological polar surface area (TPSA) is 81.6 Å². The number of carbonyl (C=O) groups is 1. The third-order valence-corrected chi connectivity index (χ3v) is 3.71. The fourth-order valence-corrected chi connectivity index (χ4v) is 2.50. The lowest BCUT2D eigenvalue weighted by Gasteiger charge is -2.19. The van der Waals surface area contributed by atoms with Crippen molar-refractivity contribution in [2.75, 3.05) is 0 Å². The van der Waals surface area contributed by atoms with Crippen LogP contribution in [0.15, 0.2) is 78.6 Å². The minimum absolute atomic E-state index is 0.00758. The van der Waals surface area contributed by atoms with E-state index in [0.29, 0.717) is 5.82 Å². The van der Waals surface area contributed by atoms with Gasteiger partial charge in [-0.2, -0.15) is 5.26 Å². The number of aromatic nitrogens is 2. The summed E-state index contributed by atoms with van der Waals surface area (Å²) in [5.74, 6) is 0.0132. The van der Waals surface area contributed by atoms with Gasteiger partial charge < -0.3 is 10.3 Å². The van der Waals surface area contributed by atoms with Crippen LogP contribution in [0.4, 0.5) is 0 Å². The molecule has 0 bridgehead atoms. The Hall–Kier alpha value is -3.65. The maximum atomic E-state index is 12.6. The Kier molecular flexibility index (Phi) is 5.03. The number of amides is 1. The van der Waals surface area contributed by atoms with Gasteiger partial charge in [0.1, 0.15) is 17.5 Å². The summed E-state index contributed by atoms with van der Waals surface area (Å²) >= 11 is 0. The predicted octanol–water partition coefficient (Wildman–Crippen LogP) is 3.22. The van der Waals surface area contributed by atoms with Crippen molar-refractivity contribution in [3.05, 3.63) is 95.6 Å². The van der Waals surface area contributed by atoms with Gasteiger partial charge in [0.05, 0.1) is 6.04 Å². The maximum absolute atomic E-state index is 12.6. The van der Waals surface area contributed by atoms with Crippen LogP contribution >= 0.6 is 0 Å². The minimum atomic E-state index is -0.448. The van der Waals surface area contributed by atoms with E-state index in [9.17, 15) is 10.1 Å². The monoisotopic (exact) mass is 328 g/mol. The third-order valence-electron chi connectivity index (χ3n) is 3.71. The van der Waals surface area contributed by atoms with Gasteiger partial charge in [-0.15, -0.1) is 0 Å². The molecule has 3 rings (SSSR count). The Morgan fingerprint density at radius 3 is 2.16 bits per heavy atom. The van der Waals surface area contributed by atoms with Crippen molar-refractivity contribution in [2.45, 2.75) is 6.04 Å². The zero-order valence-electron chi connectivity index (χ0n) is 13.4. The molecule has 0 atom stereocenters. The average Bonchev–Trinajstić information content (AvgIpc) is 3.18. The number of benzene rings is 2. The molecule has 0 radical (unpaired) electrons. The van der Waals surface area contributed by atoms with Crippen LogP contribution < -0.4 is 5.32 Å². The van der Waals surface area contributed by atoms with E-state index in [-0.39, 0.29) is 11.6 Å². The van der Waals surface area contributed by atoms with Crippen molar-refractivity contribution < 1.29 is 4.79 Å². The highest BCUT2D eigenvalue weighted by atomic mass is 16.1. The van der Waals surface area contributed by atoms with Gasteiger partial charge in [0.2, 0.25) is 0 Å². The van der Waals surface area contributed by atoms with E-state index < -0.39 is 5.91 Å². The lowest BCUT2D eigenvalue weighted by atomic mass is 9.98. The number of nitriles is 1. The molecule has 1 aromatic heterocycles. The second-order valence-corrected chi connectivity index (χ2v) is 5.37. The molecule has 1 heterocycles. The molecule has 3 aromatic rings. The van der Waals surface area contributed by atoms with Crippen LogP contribution in [0.2, 0.25) is 0 Å². The molecular weight excluding hydrogens is 312 g/mol. The molecule has 5 heteroatoms. The fraction of sp³-hybridized carbons (Fsp3) is 0.0500. The van der Waals surface area contributed by atoms with Crippen LogP contribution in [0.3, 0.4) is 0 Å². The molecule has 0 saturated heterocycles. The molecule has 0 aliphatic carbocycles. The number of imidazole rings is 1. The summed E-state index contributed by atoms with van der Waals surface area (Å²) in [5.41, 5.74) is 1.88. The van der Waals surface area contributed by atoms with Crippen LogP contribution in [-0.2, 0) is 4.79 Å². The first kappa shape index (κ1) is 16.2. The van der Waals surface area contributed by atoms with Gasteiger partial charge in [-0.1, -0.05) is 60.7 Å². The van der Waals surface area contributed by atoms with E-state index in [0.717, 1.165) is 11.1 Å². The zero-order valence-corrected chi connectivity index (χ0v) is 13.4. The van der Waals surface area contributed by atoms with Gasteiger partial charge in [0, 0.05) is 18.5 Å². The largest absolute Gasteiger partial charge is 0.345 e. The summed E-state index contributed by atoms with van der Waals surface area (Å²) in [4.78, 5) is 19.5. The number of carbonyl (C=O) groups excluding carboxylic acids is 1. The molecule has 0 aliphatic heterocycles. The molecule has 0 unspecified atom stereocenters. The van der Waals surface area contributed by atoms with Crippen LogP contribution in [-0.4, -0.2) is 15.9 Å². The molecule has 122 valence electrons. The Bertz CT molecular complexity index is 854. The van der Waals surface area contributed by atoms with Crippen molar-refractivity contribution in [3.63, 3.8) is 0 Å². The summed E-state index contributed by atoms with van der Waals surface area (Å²) in [7, 11) is 0. The van der Waals surface area contributed by atoms with E-state index in [2.05, 4.69) is 15.3 Å². The van der Waals surface area contributed by atoms with Gasteiger partial charge in [-0.3, -0.25) is 4.79 Å². The van der Waals surface area contributed by atoms with Crippen molar-refractivity contribution in [2.24, 2.45) is 0 Å². The van der Waals surface area contributed by atoms with Crippen molar-refractivity contribution >= 4 is 12.0 Å². The zero-order chi connectivity index (χ0) is 17.5. The normalized spacial score (nSPS) is 11.1. The number of nitrogens with zero attached hydrogens (tertiary/aromatic N) is 2. The Labute approximate surface area is 145 Å². The Morgan fingerprint density at radius 2 is 1.68 bits per heavy atom. The van der Waals surface area contributed by atoms with Crippen LogP contribution in [0, 0.1) is 11.3 Å². The summed E-state index contributed by atoms with van der Waals surface area (Å²) in [5, 5.41) is 12.3. The second kappa shape index (κ2) is 7.75. The molecule has 0 spiro atoms. The number of aromatic amines is 1. The van der Waals surface area contributed by atoms with Crippen LogP contribution in [0.1, 0.15) is 23.0 Å². The average molecular weight is 328 g/mol. The van der Waals surface area contributed by atoms with Crippen molar-refractivity contribution in [1.82, 2.24) is 15.3 Å². The molecule has 5 nitrogen and oxygen atoms in total. The number of H-pyrrole nitrogens is 1. The lowest BCUT2D eigenvalue weighted by Crippen LogP contribution is -2.30. The van der Waals surface area contributed by atoms with E-state index in [1.165, 1.54) is 6.08 Å². The number of hydrogen-bond acceptors (Lipinski definition) is 3. The maximum Gasteiger partial charge on any atom is 0.262 e. The first-order chi connectivity index (χ1) is 12.3. The highest BCUT2D eigenvalue weighted by molar-refractivity contribution is 6.01. The second-order valence-electron chi connectivity index (χ2n) is 5.37. The van der Waals surface area contributed by atoms with Gasteiger partial charge in [-0.25, -0.2) is 4.98 Å². The smallest absolute Gasteiger partial charge is 0.262 e. The van der Waals surface area contributed by atoms with E-state index in [4.69, 9.17) is 0 Å². The minimum Gasteiger partial charge on any atom is -0.345 e. The van der Waals surface area contributed by atoms with Gasteiger partial charge in [-0.05, 0) is 11.1 Å². The van der Waals surface area contributed by atoms with Gasteiger partial charge in [0.15, 0.2) is 0 Å². The molecule has 2 aromatic carbocycles. The Balaban J connectivity index is 1.90. The SMILES string of the molecule is N#CC(=Cc1ncc[nH]1)C(=O)NC(c1ccccc1)c1ccccc1. The molecular formula is C20H16N4O. The van der Waals surface area contributed by atoms with Crippen molar-refractivity contribution in [1.29, 1.82) is 5.26 Å². The first-order valence-corrected chi connectivity index (χ1v) is 7.80. The standard InChI is InChI=1S/C20H16N4O/c21-14-17(13-18-22-11-12-23-18)20(25)24-19(15-7-3-1-4-8-15)16-9-5-2-6-10-16/h1-13,19H,(H,22,23)(H,24,25). The summed E-state index contributed by atoms with van der Waals surface area (Å²) in [6.45, 7) is 0. The lowest BCUT2D eigenvalue weighted by molar-refractivity contribution is -0.117. The van der Waals surface area contributed by atoms with Gasteiger partial charge in [0.25, 0.3) is 5.91 Å². The fourth-order valence-electron chi connectivity index (χ4n) is 2.50. The summed E-state index contributed by atoms with van der Waals surface area (Å²) in [6.07, 6.45) is 4.63. The molecule has 1 amide bonds. The quantitative estimate of drug-likeness (QED) is 0.557. The van der Waals surface area contributed by atoms with E-state index >= 15 is 0 Å². The predicted molar refractivity (Wildman–Crippen MR) is 95.0 cm³/mol. The molecule has 0 aliphatic rings. The van der Waals surface area contributed by atoms with Crippen molar-refractivity contribution in [3.8, 4) is 6.07 Å². The number of hydrogen-bond donors (Lipinski definition) is 2. The van der Waals surface area contributed by atoms with Crippen LogP contribution in [0.5, 0.6) is 0 Å². The number of rotatable bonds is 5. The summed E-state index contributed by atoms with van der Waals surface area (Å²) in [6, 6.07) is 20.9. The highest BCUT2D eigenvalue weighted by Gasteiger charge is 2.19. The van der Waals surface area contributed by atoms with E-state index in [1.807, 2.05) is 66.7 Å². The molecule has 2 N–H and O–H groups in total. The highest BCUT2D eigenvalue weighted by Crippen LogP contribution is 2.22. The third kappa shape index (κ3) is 4.01. The van der Waals surface area contributed by atoms with Gasteiger partial charge >= 0.3 is 0 Å². The van der Waals surface area contributed by atoms with Crippen LogP contribution in [0.25, 0.3) is 6.08 Å². The molecule has 0 fully saturated rings. The molecule has 25 heavy (non-hydrogen) atoms. The number of nitrogens with one attached hydrogen (secondary N) is 2. The Morgan fingerprint density at radius 1 is 1.08 bits per heavy atom. The molecule has 0 saturated carbocycles. The summed E-state index contributed by atoms with van der Waals surface area (Å²) < 4.78 is 0. The van der Waals surface area contributed by atoms with E-state index in [1.54, 1.807) is 12.4 Å².